The molecule has 1 atom stereocenters. The third kappa shape index (κ3) is 4.02. The Bertz CT molecular complexity index is 476. The van der Waals surface area contributed by atoms with E-state index in [9.17, 15) is 4.79 Å². The van der Waals surface area contributed by atoms with Gasteiger partial charge in [0.2, 0.25) is 5.91 Å². The first-order valence-corrected chi connectivity index (χ1v) is 8.79. The summed E-state index contributed by atoms with van der Waals surface area (Å²) in [7, 11) is 0. The first kappa shape index (κ1) is 14.9. The highest BCUT2D eigenvalue weighted by molar-refractivity contribution is 7.13. The largest absolute Gasteiger partial charge is 0.306 e. The smallest absolute Gasteiger partial charge is 0.243 e. The topological polar surface area (TPSA) is 57.3 Å². The Labute approximate surface area is 130 Å². The number of carbonyl (C=O) groups is 1. The molecule has 1 amide bonds. The lowest BCUT2D eigenvalue weighted by Gasteiger charge is -2.29. The number of amides is 1. The number of anilines is 1. The molecule has 0 saturated carbocycles. The fraction of sp³-hybridized carbons (Fsp3) is 0.733. The van der Waals surface area contributed by atoms with Gasteiger partial charge >= 0.3 is 0 Å². The van der Waals surface area contributed by atoms with Gasteiger partial charge in [-0.3, -0.25) is 9.69 Å². The van der Waals surface area contributed by atoms with Gasteiger partial charge in [0.1, 0.15) is 0 Å². The Morgan fingerprint density at radius 1 is 1.48 bits per heavy atom. The highest BCUT2D eigenvalue weighted by Gasteiger charge is 2.23. The lowest BCUT2D eigenvalue weighted by molar-refractivity contribution is -0.117. The molecule has 1 unspecified atom stereocenters. The molecule has 0 aromatic carbocycles. The molecule has 116 valence electrons. The maximum Gasteiger partial charge on any atom is 0.243 e. The molecular formula is C15H24N4OS. The second-order valence-corrected chi connectivity index (χ2v) is 7.10. The Morgan fingerprint density at radius 3 is 3.00 bits per heavy atom. The molecule has 0 spiro atoms. The maximum absolute atomic E-state index is 12.0. The van der Waals surface area contributed by atoms with Crippen LogP contribution in [-0.4, -0.2) is 41.5 Å². The molecule has 2 aliphatic rings. The lowest BCUT2D eigenvalue weighted by atomic mass is 9.99. The van der Waals surface area contributed by atoms with E-state index in [1.54, 1.807) is 0 Å². The number of hydrogen-bond donors (Lipinski definition) is 2. The molecule has 0 bridgehead atoms. The van der Waals surface area contributed by atoms with Crippen LogP contribution in [0.1, 0.15) is 38.3 Å². The molecule has 2 saturated heterocycles. The number of thiazole rings is 1. The molecule has 2 fully saturated rings. The molecule has 0 radical (unpaired) electrons. The summed E-state index contributed by atoms with van der Waals surface area (Å²) >= 11 is 1.53. The van der Waals surface area contributed by atoms with Crippen molar-refractivity contribution in [3.05, 3.63) is 11.1 Å². The monoisotopic (exact) mass is 308 g/mol. The average molecular weight is 308 g/mol. The molecule has 0 aliphatic carbocycles. The molecule has 21 heavy (non-hydrogen) atoms. The molecule has 3 rings (SSSR count). The normalized spacial score (nSPS) is 24.3. The predicted octanol–water partition coefficient (Wildman–Crippen LogP) is 2.07. The van der Waals surface area contributed by atoms with Crippen molar-refractivity contribution in [2.75, 3.05) is 25.0 Å². The van der Waals surface area contributed by atoms with Gasteiger partial charge in [0.15, 0.2) is 5.13 Å². The van der Waals surface area contributed by atoms with E-state index >= 15 is 0 Å². The fourth-order valence-electron chi connectivity index (χ4n) is 2.99. The van der Waals surface area contributed by atoms with E-state index in [4.69, 9.17) is 0 Å². The first-order valence-electron chi connectivity index (χ1n) is 7.92. The summed E-state index contributed by atoms with van der Waals surface area (Å²) in [5.41, 5.74) is 1.07. The highest BCUT2D eigenvalue weighted by atomic mass is 32.1. The van der Waals surface area contributed by atoms with Gasteiger partial charge in [0.25, 0.3) is 0 Å². The van der Waals surface area contributed by atoms with Crippen LogP contribution in [0.25, 0.3) is 0 Å². The second kappa shape index (κ2) is 6.85. The lowest BCUT2D eigenvalue weighted by Crippen LogP contribution is -2.35. The molecular weight excluding hydrogens is 284 g/mol. The predicted molar refractivity (Wildman–Crippen MR) is 85.4 cm³/mol. The van der Waals surface area contributed by atoms with E-state index in [0.29, 0.717) is 0 Å². The van der Waals surface area contributed by atoms with Crippen LogP contribution >= 0.6 is 11.3 Å². The molecule has 5 nitrogen and oxygen atoms in total. The zero-order valence-corrected chi connectivity index (χ0v) is 13.4. The second-order valence-electron chi connectivity index (χ2n) is 6.24. The zero-order chi connectivity index (χ0) is 14.7. The summed E-state index contributed by atoms with van der Waals surface area (Å²) < 4.78 is 0. The van der Waals surface area contributed by atoms with Crippen LogP contribution in [0.3, 0.4) is 0 Å². The minimum absolute atomic E-state index is 0.0408. The quantitative estimate of drug-likeness (QED) is 0.894. The van der Waals surface area contributed by atoms with Crippen LogP contribution in [0.4, 0.5) is 5.13 Å². The van der Waals surface area contributed by atoms with Crippen LogP contribution in [0.5, 0.6) is 0 Å². The number of piperidine rings is 1. The van der Waals surface area contributed by atoms with Crippen molar-refractivity contribution >= 4 is 22.4 Å². The SMILES string of the molecule is CC1CCN(Cc2csc(NC(=O)C3CCCN3)n2)CC1. The van der Waals surface area contributed by atoms with E-state index in [1.165, 1.54) is 24.2 Å². The van der Waals surface area contributed by atoms with E-state index in [1.807, 2.05) is 0 Å². The molecule has 3 heterocycles. The summed E-state index contributed by atoms with van der Waals surface area (Å²) in [5, 5.41) is 8.94. The van der Waals surface area contributed by atoms with Gasteiger partial charge < -0.3 is 10.6 Å². The van der Waals surface area contributed by atoms with Crippen molar-refractivity contribution in [3.63, 3.8) is 0 Å². The summed E-state index contributed by atoms with van der Waals surface area (Å²) in [6, 6.07) is -0.0408. The van der Waals surface area contributed by atoms with Gasteiger partial charge in [-0.15, -0.1) is 11.3 Å². The minimum Gasteiger partial charge on any atom is -0.306 e. The number of likely N-dealkylation sites (tertiary alicyclic amines) is 1. The van der Waals surface area contributed by atoms with Crippen LogP contribution in [0.15, 0.2) is 5.38 Å². The summed E-state index contributed by atoms with van der Waals surface area (Å²) in [5.74, 6) is 0.908. The van der Waals surface area contributed by atoms with E-state index in [-0.39, 0.29) is 11.9 Å². The Kier molecular flexibility index (Phi) is 4.87. The number of aromatic nitrogens is 1. The number of nitrogens with zero attached hydrogens (tertiary/aromatic N) is 2. The van der Waals surface area contributed by atoms with Crippen LogP contribution in [0.2, 0.25) is 0 Å². The van der Waals surface area contributed by atoms with Gasteiger partial charge in [-0.2, -0.15) is 0 Å². The highest BCUT2D eigenvalue weighted by Crippen LogP contribution is 2.21. The van der Waals surface area contributed by atoms with Crippen LogP contribution in [0, 0.1) is 5.92 Å². The number of hydrogen-bond acceptors (Lipinski definition) is 5. The van der Waals surface area contributed by atoms with Crippen molar-refractivity contribution in [3.8, 4) is 0 Å². The summed E-state index contributed by atoms with van der Waals surface area (Å²) in [6.45, 7) is 6.49. The van der Waals surface area contributed by atoms with Gasteiger partial charge in [0, 0.05) is 11.9 Å². The van der Waals surface area contributed by atoms with Crippen LogP contribution in [-0.2, 0) is 11.3 Å². The Morgan fingerprint density at radius 2 is 2.29 bits per heavy atom. The van der Waals surface area contributed by atoms with Gasteiger partial charge in [-0.1, -0.05) is 6.92 Å². The van der Waals surface area contributed by atoms with Crippen LogP contribution < -0.4 is 10.6 Å². The third-order valence-corrected chi connectivity index (χ3v) is 5.23. The minimum atomic E-state index is -0.0408. The maximum atomic E-state index is 12.0. The number of carbonyl (C=O) groups excluding carboxylic acids is 1. The number of rotatable bonds is 4. The zero-order valence-electron chi connectivity index (χ0n) is 12.6. The van der Waals surface area contributed by atoms with Crippen molar-refractivity contribution in [2.24, 2.45) is 5.92 Å². The third-order valence-electron chi connectivity index (χ3n) is 4.42. The van der Waals surface area contributed by atoms with Crippen molar-refractivity contribution in [2.45, 2.75) is 45.2 Å². The Hall–Kier alpha value is -0.980. The van der Waals surface area contributed by atoms with E-state index < -0.39 is 0 Å². The molecule has 1 aromatic heterocycles. The van der Waals surface area contributed by atoms with Gasteiger partial charge in [-0.25, -0.2) is 4.98 Å². The number of nitrogens with one attached hydrogen (secondary N) is 2. The molecule has 6 heteroatoms. The first-order chi connectivity index (χ1) is 10.2. The fourth-order valence-corrected chi connectivity index (χ4v) is 3.69. The van der Waals surface area contributed by atoms with Gasteiger partial charge in [0.05, 0.1) is 11.7 Å². The van der Waals surface area contributed by atoms with Crippen molar-refractivity contribution in [1.82, 2.24) is 15.2 Å². The van der Waals surface area contributed by atoms with E-state index in [0.717, 1.165) is 55.8 Å². The van der Waals surface area contributed by atoms with Gasteiger partial charge in [-0.05, 0) is 51.2 Å². The molecule has 2 aliphatic heterocycles. The van der Waals surface area contributed by atoms with Crippen molar-refractivity contribution < 1.29 is 4.79 Å². The summed E-state index contributed by atoms with van der Waals surface area (Å²) in [6.07, 6.45) is 4.56. The van der Waals surface area contributed by atoms with Crippen molar-refractivity contribution in [1.29, 1.82) is 0 Å². The van der Waals surface area contributed by atoms with E-state index in [2.05, 4.69) is 32.8 Å². The molecule has 1 aromatic rings. The molecule has 2 N–H and O–H groups in total. The standard InChI is InChI=1S/C15H24N4OS/c1-11-4-7-19(8-5-11)9-12-10-21-15(17-12)18-14(20)13-3-2-6-16-13/h10-11,13,16H,2-9H2,1H3,(H,17,18,20). The average Bonchev–Trinajstić information content (AvgIpc) is 3.13. The Balaban J connectivity index is 1.50. The summed E-state index contributed by atoms with van der Waals surface area (Å²) in [4.78, 5) is 19.0.